The molecule has 26 heavy (non-hydrogen) atoms. The molecular weight excluding hydrogens is 340 g/mol. The van der Waals surface area contributed by atoms with E-state index >= 15 is 0 Å². The number of ether oxygens (including phenoxy) is 3. The second-order valence-corrected chi connectivity index (χ2v) is 6.11. The molecule has 3 rings (SSSR count). The molecule has 0 unspecified atom stereocenters. The van der Waals surface area contributed by atoms with Gasteiger partial charge in [-0.3, -0.25) is 4.79 Å². The van der Waals surface area contributed by atoms with Crippen LogP contribution in [0.5, 0.6) is 28.7 Å². The number of carbonyl (C=O) groups excluding carboxylic acids is 1. The monoisotopic (exact) mass is 360 g/mol. The Morgan fingerprint density at radius 3 is 2.35 bits per heavy atom. The Hall–Kier alpha value is -2.93. The lowest BCUT2D eigenvalue weighted by atomic mass is 9.89. The number of phenolic OH excluding ortho intramolecular Hbond substituents is 2. The molecule has 2 aromatic rings. The first-order chi connectivity index (χ1) is 12.3. The maximum atomic E-state index is 12.7. The minimum Gasteiger partial charge on any atom is -0.507 e. The van der Waals surface area contributed by atoms with E-state index in [-0.39, 0.29) is 28.6 Å². The summed E-state index contributed by atoms with van der Waals surface area (Å²) in [4.78, 5) is 12.7. The van der Waals surface area contributed by atoms with Gasteiger partial charge in [0, 0.05) is 11.1 Å². The van der Waals surface area contributed by atoms with Crippen LogP contribution in [0.3, 0.4) is 0 Å². The average Bonchev–Trinajstić information content (AvgIpc) is 2.62. The van der Waals surface area contributed by atoms with Gasteiger partial charge in [-0.1, -0.05) is 6.07 Å². The minimum absolute atomic E-state index is 0.0673. The first-order valence-corrected chi connectivity index (χ1v) is 7.97. The molecule has 0 spiro atoms. The fraction of sp³-hybridized carbons (Fsp3) is 0.316. The lowest BCUT2D eigenvalue weighted by Crippen LogP contribution is -2.36. The van der Waals surface area contributed by atoms with E-state index in [1.54, 1.807) is 19.9 Å². The fourth-order valence-corrected chi connectivity index (χ4v) is 3.27. The SMILES string of the molecule is COc1ccc([C@@H]2Oc3c(C)c(OC)c(C)c(O)c3C(=O)[C@H]2O)cc1O. The van der Waals surface area contributed by atoms with Gasteiger partial charge in [-0.05, 0) is 31.5 Å². The number of benzene rings is 2. The molecule has 0 aliphatic carbocycles. The molecule has 7 heteroatoms. The van der Waals surface area contributed by atoms with Crippen LogP contribution >= 0.6 is 0 Å². The largest absolute Gasteiger partial charge is 0.507 e. The zero-order chi connectivity index (χ0) is 19.2. The van der Waals surface area contributed by atoms with Crippen molar-refractivity contribution >= 4 is 5.78 Å². The van der Waals surface area contributed by atoms with Crippen LogP contribution in [0.1, 0.15) is 33.2 Å². The Labute approximate surface area is 150 Å². The topological polar surface area (TPSA) is 105 Å². The van der Waals surface area contributed by atoms with Gasteiger partial charge in [-0.15, -0.1) is 0 Å². The molecule has 0 saturated heterocycles. The summed E-state index contributed by atoms with van der Waals surface area (Å²) in [7, 11) is 2.88. The highest BCUT2D eigenvalue weighted by Crippen LogP contribution is 2.48. The first kappa shape index (κ1) is 17.9. The lowest BCUT2D eigenvalue weighted by Gasteiger charge is -2.32. The van der Waals surface area contributed by atoms with E-state index in [4.69, 9.17) is 14.2 Å². The molecule has 1 aliphatic rings. The smallest absolute Gasteiger partial charge is 0.202 e. The molecule has 1 heterocycles. The lowest BCUT2D eigenvalue weighted by molar-refractivity contribution is 0.0206. The third-order valence-corrected chi connectivity index (χ3v) is 4.62. The van der Waals surface area contributed by atoms with Gasteiger partial charge in [0.2, 0.25) is 5.78 Å². The predicted octanol–water partition coefficient (Wildman–Crippen LogP) is 2.41. The third kappa shape index (κ3) is 2.52. The van der Waals surface area contributed by atoms with E-state index in [2.05, 4.69) is 0 Å². The molecule has 1 aliphatic heterocycles. The second-order valence-electron chi connectivity index (χ2n) is 6.11. The van der Waals surface area contributed by atoms with Crippen molar-refractivity contribution in [3.8, 4) is 28.7 Å². The van der Waals surface area contributed by atoms with Crippen LogP contribution in [0.4, 0.5) is 0 Å². The molecule has 138 valence electrons. The molecular formula is C19H20O7. The fourth-order valence-electron chi connectivity index (χ4n) is 3.27. The number of Topliss-reactive ketones (excluding diaryl/α,β-unsaturated/α-hetero) is 1. The maximum Gasteiger partial charge on any atom is 0.202 e. The zero-order valence-electron chi connectivity index (χ0n) is 14.9. The molecule has 7 nitrogen and oxygen atoms in total. The maximum absolute atomic E-state index is 12.7. The van der Waals surface area contributed by atoms with Gasteiger partial charge in [0.1, 0.15) is 22.8 Å². The molecule has 0 fully saturated rings. The van der Waals surface area contributed by atoms with Crippen molar-refractivity contribution in [1.29, 1.82) is 0 Å². The van der Waals surface area contributed by atoms with Gasteiger partial charge >= 0.3 is 0 Å². The van der Waals surface area contributed by atoms with Crippen molar-refractivity contribution in [2.75, 3.05) is 14.2 Å². The summed E-state index contributed by atoms with van der Waals surface area (Å²) in [6, 6.07) is 4.47. The number of aromatic hydroxyl groups is 2. The highest BCUT2D eigenvalue weighted by atomic mass is 16.5. The Balaban J connectivity index is 2.14. The van der Waals surface area contributed by atoms with E-state index < -0.39 is 18.0 Å². The minimum atomic E-state index is -1.53. The molecule has 3 N–H and O–H groups in total. The Morgan fingerprint density at radius 2 is 1.77 bits per heavy atom. The van der Waals surface area contributed by atoms with Crippen LogP contribution in [0, 0.1) is 13.8 Å². The van der Waals surface area contributed by atoms with E-state index in [9.17, 15) is 20.1 Å². The molecule has 0 aromatic heterocycles. The molecule has 2 aromatic carbocycles. The summed E-state index contributed by atoms with van der Waals surface area (Å²) in [5.41, 5.74) is 1.27. The number of ketones is 1. The van der Waals surface area contributed by atoms with Crippen LogP contribution in [0.15, 0.2) is 18.2 Å². The number of aliphatic hydroxyl groups excluding tert-OH is 1. The summed E-state index contributed by atoms with van der Waals surface area (Å²) >= 11 is 0. The average molecular weight is 360 g/mol. The number of hydrogen-bond donors (Lipinski definition) is 3. The molecule has 0 saturated carbocycles. The molecule has 0 radical (unpaired) electrons. The van der Waals surface area contributed by atoms with E-state index in [0.29, 0.717) is 22.4 Å². The number of carbonyl (C=O) groups is 1. The third-order valence-electron chi connectivity index (χ3n) is 4.62. The number of hydrogen-bond acceptors (Lipinski definition) is 7. The highest BCUT2D eigenvalue weighted by molar-refractivity contribution is 6.06. The normalized spacial score (nSPS) is 18.9. The Bertz CT molecular complexity index is 888. The van der Waals surface area contributed by atoms with Crippen molar-refractivity contribution in [2.24, 2.45) is 0 Å². The van der Waals surface area contributed by atoms with E-state index in [1.165, 1.54) is 26.4 Å². The van der Waals surface area contributed by atoms with Crippen LogP contribution in [-0.4, -0.2) is 41.4 Å². The number of aliphatic hydroxyl groups is 1. The van der Waals surface area contributed by atoms with Gasteiger partial charge < -0.3 is 29.5 Å². The molecule has 2 atom stereocenters. The van der Waals surface area contributed by atoms with Gasteiger partial charge in [-0.2, -0.15) is 0 Å². The molecule has 0 bridgehead atoms. The number of methoxy groups -OCH3 is 2. The van der Waals surface area contributed by atoms with Gasteiger partial charge in [0.05, 0.1) is 14.2 Å². The standard InChI is InChI=1S/C19H20O7/c1-8-14(21)13-15(22)16(23)19(26-18(13)9(2)17(8)25-4)10-5-6-12(24-3)11(20)7-10/h5-7,16,19-21,23H,1-4H3/t16-,19+/m1/s1. The van der Waals surface area contributed by atoms with Crippen molar-refractivity contribution < 1.29 is 34.3 Å². The van der Waals surface area contributed by atoms with Gasteiger partial charge in [0.15, 0.2) is 23.7 Å². The van der Waals surface area contributed by atoms with E-state index in [1.807, 2.05) is 0 Å². The zero-order valence-corrected chi connectivity index (χ0v) is 14.9. The van der Waals surface area contributed by atoms with Crippen LogP contribution in [0.25, 0.3) is 0 Å². The highest BCUT2D eigenvalue weighted by Gasteiger charge is 2.41. The Kier molecular flexibility index (Phi) is 4.41. The predicted molar refractivity (Wildman–Crippen MR) is 92.5 cm³/mol. The summed E-state index contributed by atoms with van der Waals surface area (Å²) in [6.07, 6.45) is -2.58. The summed E-state index contributed by atoms with van der Waals surface area (Å²) in [5, 5.41) is 30.8. The quantitative estimate of drug-likeness (QED) is 0.772. The van der Waals surface area contributed by atoms with Crippen molar-refractivity contribution in [3.63, 3.8) is 0 Å². The van der Waals surface area contributed by atoms with Crippen molar-refractivity contribution in [1.82, 2.24) is 0 Å². The van der Waals surface area contributed by atoms with Gasteiger partial charge in [-0.25, -0.2) is 0 Å². The summed E-state index contributed by atoms with van der Waals surface area (Å²) in [6.45, 7) is 3.33. The van der Waals surface area contributed by atoms with Gasteiger partial charge in [0.25, 0.3) is 0 Å². The number of phenols is 2. The summed E-state index contributed by atoms with van der Waals surface area (Å²) in [5.74, 6) is -0.250. The number of rotatable bonds is 3. The first-order valence-electron chi connectivity index (χ1n) is 7.97. The van der Waals surface area contributed by atoms with Crippen LogP contribution in [0.2, 0.25) is 0 Å². The Morgan fingerprint density at radius 1 is 1.08 bits per heavy atom. The van der Waals surface area contributed by atoms with Crippen LogP contribution in [-0.2, 0) is 0 Å². The number of fused-ring (bicyclic) bond motifs is 1. The second kappa shape index (κ2) is 6.42. The van der Waals surface area contributed by atoms with Crippen molar-refractivity contribution in [2.45, 2.75) is 26.1 Å². The summed E-state index contributed by atoms with van der Waals surface area (Å²) < 4.78 is 16.2. The molecule has 0 amide bonds. The van der Waals surface area contributed by atoms with Crippen molar-refractivity contribution in [3.05, 3.63) is 40.5 Å². The van der Waals surface area contributed by atoms with E-state index in [0.717, 1.165) is 0 Å². The van der Waals surface area contributed by atoms with Crippen LogP contribution < -0.4 is 14.2 Å².